The van der Waals surface area contributed by atoms with Crippen LogP contribution in [0.5, 0.6) is 0 Å². The maximum Gasteiger partial charge on any atom is 0.111 e. The predicted octanol–water partition coefficient (Wildman–Crippen LogP) is 3.69. The number of unbranched alkanes of at least 4 members (excludes halogenated alkanes) is 2. The quantitative estimate of drug-likeness (QED) is 0.743. The van der Waals surface area contributed by atoms with Gasteiger partial charge in [0, 0.05) is 19.5 Å². The summed E-state index contributed by atoms with van der Waals surface area (Å²) in [7, 11) is 0. The van der Waals surface area contributed by atoms with Crippen molar-refractivity contribution in [1.29, 1.82) is 0 Å². The molecule has 20 heavy (non-hydrogen) atoms. The van der Waals surface area contributed by atoms with Crippen molar-refractivity contribution >= 4 is 11.0 Å². The molecule has 1 aromatic heterocycles. The van der Waals surface area contributed by atoms with Gasteiger partial charge in [-0.05, 0) is 37.6 Å². The average Bonchev–Trinajstić information content (AvgIpc) is 2.77. The molecule has 1 aromatic carbocycles. The lowest BCUT2D eigenvalue weighted by Gasteiger charge is -2.09. The van der Waals surface area contributed by atoms with E-state index in [4.69, 9.17) is 4.98 Å². The van der Waals surface area contributed by atoms with Gasteiger partial charge in [-0.25, -0.2) is 4.98 Å². The molecule has 0 fully saturated rings. The van der Waals surface area contributed by atoms with Gasteiger partial charge in [0.25, 0.3) is 0 Å². The number of imidazole rings is 1. The number of hydrogen-bond acceptors (Lipinski definition) is 2. The van der Waals surface area contributed by atoms with Crippen molar-refractivity contribution < 1.29 is 0 Å². The second-order valence-electron chi connectivity index (χ2n) is 5.48. The highest BCUT2D eigenvalue weighted by Crippen LogP contribution is 2.19. The first kappa shape index (κ1) is 15.0. The third-order valence-corrected chi connectivity index (χ3v) is 3.74. The Labute approximate surface area is 122 Å². The monoisotopic (exact) mass is 273 g/mol. The highest BCUT2D eigenvalue weighted by atomic mass is 15.1. The van der Waals surface area contributed by atoms with Crippen molar-refractivity contribution in [2.75, 3.05) is 13.1 Å². The van der Waals surface area contributed by atoms with Crippen LogP contribution in [0.25, 0.3) is 11.0 Å². The third kappa shape index (κ3) is 3.60. The number of fused-ring (bicyclic) bond motifs is 1. The molecule has 1 heterocycles. The van der Waals surface area contributed by atoms with Gasteiger partial charge in [-0.3, -0.25) is 0 Å². The molecule has 0 aliphatic heterocycles. The van der Waals surface area contributed by atoms with Crippen LogP contribution >= 0.6 is 0 Å². The van der Waals surface area contributed by atoms with Crippen molar-refractivity contribution in [3.05, 3.63) is 29.6 Å². The second kappa shape index (κ2) is 7.44. The Bertz CT molecular complexity index is 542. The SMILES string of the molecule is CCCCCn1c(CCNCC)nc2cc(C)ccc21. The molecule has 0 unspecified atom stereocenters. The smallest absolute Gasteiger partial charge is 0.111 e. The molecule has 0 spiro atoms. The molecular formula is C17H27N3. The van der Waals surface area contributed by atoms with Gasteiger partial charge >= 0.3 is 0 Å². The molecule has 2 aromatic rings. The Kier molecular flexibility index (Phi) is 5.60. The highest BCUT2D eigenvalue weighted by Gasteiger charge is 2.10. The largest absolute Gasteiger partial charge is 0.328 e. The zero-order valence-corrected chi connectivity index (χ0v) is 13.1. The molecule has 3 heteroatoms. The van der Waals surface area contributed by atoms with Crippen LogP contribution < -0.4 is 5.32 Å². The minimum Gasteiger partial charge on any atom is -0.328 e. The molecule has 110 valence electrons. The summed E-state index contributed by atoms with van der Waals surface area (Å²) in [5, 5.41) is 3.39. The van der Waals surface area contributed by atoms with Gasteiger partial charge in [0.2, 0.25) is 0 Å². The molecule has 2 rings (SSSR count). The van der Waals surface area contributed by atoms with Crippen LogP contribution in [0.2, 0.25) is 0 Å². The molecule has 0 bridgehead atoms. The molecule has 3 nitrogen and oxygen atoms in total. The molecule has 1 N–H and O–H groups in total. The van der Waals surface area contributed by atoms with E-state index >= 15 is 0 Å². The van der Waals surface area contributed by atoms with Crippen molar-refractivity contribution in [2.24, 2.45) is 0 Å². The van der Waals surface area contributed by atoms with E-state index in [0.717, 1.165) is 31.6 Å². The summed E-state index contributed by atoms with van der Waals surface area (Å²) in [4.78, 5) is 4.85. The van der Waals surface area contributed by atoms with Crippen LogP contribution in [0.15, 0.2) is 18.2 Å². The van der Waals surface area contributed by atoms with Crippen LogP contribution in [0.1, 0.15) is 44.5 Å². The zero-order chi connectivity index (χ0) is 14.4. The first-order valence-corrected chi connectivity index (χ1v) is 7.92. The average molecular weight is 273 g/mol. The Hall–Kier alpha value is -1.35. The van der Waals surface area contributed by atoms with Crippen LogP contribution in [0.4, 0.5) is 0 Å². The molecule has 0 aliphatic carbocycles. The summed E-state index contributed by atoms with van der Waals surface area (Å²) in [5.74, 6) is 1.22. The Morgan fingerprint density at radius 2 is 2.05 bits per heavy atom. The first-order chi connectivity index (χ1) is 9.76. The summed E-state index contributed by atoms with van der Waals surface area (Å²) in [6.45, 7) is 9.65. The molecule has 0 aliphatic rings. The van der Waals surface area contributed by atoms with E-state index in [-0.39, 0.29) is 0 Å². The van der Waals surface area contributed by atoms with E-state index in [0.29, 0.717) is 0 Å². The van der Waals surface area contributed by atoms with E-state index in [2.05, 4.69) is 48.9 Å². The number of aryl methyl sites for hydroxylation is 2. The van der Waals surface area contributed by atoms with Gasteiger partial charge in [0.1, 0.15) is 5.82 Å². The lowest BCUT2D eigenvalue weighted by Crippen LogP contribution is -2.18. The van der Waals surface area contributed by atoms with Gasteiger partial charge in [-0.2, -0.15) is 0 Å². The van der Waals surface area contributed by atoms with Crippen molar-refractivity contribution in [2.45, 2.75) is 53.0 Å². The molecular weight excluding hydrogens is 246 g/mol. The van der Waals surface area contributed by atoms with Gasteiger partial charge in [-0.15, -0.1) is 0 Å². The summed E-state index contributed by atoms with van der Waals surface area (Å²) < 4.78 is 2.42. The van der Waals surface area contributed by atoms with Crippen molar-refractivity contribution in [3.63, 3.8) is 0 Å². The standard InChI is InChI=1S/C17H27N3/c1-4-6-7-12-20-16-9-8-14(3)13-15(16)19-17(20)10-11-18-5-2/h8-9,13,18H,4-7,10-12H2,1-3H3. The number of nitrogens with one attached hydrogen (secondary N) is 1. The predicted molar refractivity (Wildman–Crippen MR) is 86.2 cm³/mol. The second-order valence-corrected chi connectivity index (χ2v) is 5.48. The van der Waals surface area contributed by atoms with Gasteiger partial charge < -0.3 is 9.88 Å². The Morgan fingerprint density at radius 3 is 2.80 bits per heavy atom. The van der Waals surface area contributed by atoms with Gasteiger partial charge in [-0.1, -0.05) is 32.8 Å². The van der Waals surface area contributed by atoms with Gasteiger partial charge in [0.15, 0.2) is 0 Å². The molecule has 0 radical (unpaired) electrons. The van der Waals surface area contributed by atoms with Crippen molar-refractivity contribution in [1.82, 2.24) is 14.9 Å². The minimum absolute atomic E-state index is 1.01. The lowest BCUT2D eigenvalue weighted by atomic mass is 10.2. The highest BCUT2D eigenvalue weighted by molar-refractivity contribution is 5.76. The summed E-state index contributed by atoms with van der Waals surface area (Å²) >= 11 is 0. The van der Waals surface area contributed by atoms with Crippen LogP contribution in [0, 0.1) is 6.92 Å². The van der Waals surface area contributed by atoms with Crippen LogP contribution in [-0.2, 0) is 13.0 Å². The number of benzene rings is 1. The van der Waals surface area contributed by atoms with E-state index < -0.39 is 0 Å². The first-order valence-electron chi connectivity index (χ1n) is 7.92. The maximum absolute atomic E-state index is 4.85. The van der Waals surface area contributed by atoms with E-state index in [1.54, 1.807) is 0 Å². The number of aromatic nitrogens is 2. The van der Waals surface area contributed by atoms with E-state index in [1.807, 2.05) is 0 Å². The van der Waals surface area contributed by atoms with E-state index in [9.17, 15) is 0 Å². The van der Waals surface area contributed by atoms with E-state index in [1.165, 1.54) is 36.2 Å². The fraction of sp³-hybridized carbons (Fsp3) is 0.588. The molecule has 0 saturated carbocycles. The lowest BCUT2D eigenvalue weighted by molar-refractivity contribution is 0.581. The maximum atomic E-state index is 4.85. The summed E-state index contributed by atoms with van der Waals surface area (Å²) in [6.07, 6.45) is 4.80. The summed E-state index contributed by atoms with van der Waals surface area (Å²) in [6, 6.07) is 6.61. The van der Waals surface area contributed by atoms with Crippen LogP contribution in [-0.4, -0.2) is 22.6 Å². The van der Waals surface area contributed by atoms with Gasteiger partial charge in [0.05, 0.1) is 11.0 Å². The molecule has 0 amide bonds. The number of hydrogen-bond donors (Lipinski definition) is 1. The van der Waals surface area contributed by atoms with Crippen molar-refractivity contribution in [3.8, 4) is 0 Å². The number of likely N-dealkylation sites (N-methyl/N-ethyl adjacent to an activating group) is 1. The third-order valence-electron chi connectivity index (χ3n) is 3.74. The fourth-order valence-corrected chi connectivity index (χ4v) is 2.63. The zero-order valence-electron chi connectivity index (χ0n) is 13.1. The van der Waals surface area contributed by atoms with Crippen LogP contribution in [0.3, 0.4) is 0 Å². The fourth-order valence-electron chi connectivity index (χ4n) is 2.63. The number of rotatable bonds is 8. The summed E-state index contributed by atoms with van der Waals surface area (Å²) in [5.41, 5.74) is 3.72. The minimum atomic E-state index is 1.01. The normalized spacial score (nSPS) is 11.3. The molecule has 0 saturated heterocycles. The molecule has 0 atom stereocenters. The Balaban J connectivity index is 2.24. The Morgan fingerprint density at radius 1 is 1.20 bits per heavy atom. The topological polar surface area (TPSA) is 29.9 Å². The number of nitrogens with zero attached hydrogens (tertiary/aromatic N) is 2.